The average molecular weight is 339 g/mol. The first kappa shape index (κ1) is 17.5. The van der Waals surface area contributed by atoms with Crippen molar-refractivity contribution in [3.05, 3.63) is 35.9 Å². The van der Waals surface area contributed by atoms with Crippen molar-refractivity contribution in [1.29, 1.82) is 0 Å². The molecule has 0 spiro atoms. The van der Waals surface area contributed by atoms with E-state index in [1.54, 1.807) is 6.92 Å². The first-order valence-electron chi connectivity index (χ1n) is 7.62. The van der Waals surface area contributed by atoms with Crippen LogP contribution in [0.2, 0.25) is 0 Å². The van der Waals surface area contributed by atoms with Crippen molar-refractivity contribution in [2.45, 2.75) is 25.8 Å². The Morgan fingerprint density at radius 1 is 1.30 bits per heavy atom. The van der Waals surface area contributed by atoms with Gasteiger partial charge >= 0.3 is 5.97 Å². The number of sulfone groups is 1. The highest BCUT2D eigenvalue weighted by Gasteiger charge is 2.35. The molecule has 1 aromatic rings. The second-order valence-corrected chi connectivity index (χ2v) is 7.83. The van der Waals surface area contributed by atoms with Crippen LogP contribution < -0.4 is 5.32 Å². The molecular weight excluding hydrogens is 318 g/mol. The number of esters is 1. The molecule has 0 radical (unpaired) electrons. The number of amides is 1. The summed E-state index contributed by atoms with van der Waals surface area (Å²) in [4.78, 5) is 24.3. The smallest absolute Gasteiger partial charge is 0.328 e. The first-order chi connectivity index (χ1) is 10.9. The van der Waals surface area contributed by atoms with Crippen LogP contribution in [-0.4, -0.2) is 44.4 Å². The molecule has 1 aliphatic rings. The lowest BCUT2D eigenvalue weighted by atomic mass is 10.0. The zero-order valence-corrected chi connectivity index (χ0v) is 13.8. The highest BCUT2D eigenvalue weighted by Crippen LogP contribution is 2.19. The molecule has 1 N–H and O–H groups in total. The highest BCUT2D eigenvalue weighted by atomic mass is 32.2. The quantitative estimate of drug-likeness (QED) is 0.771. The average Bonchev–Trinajstić information content (AvgIpc) is 2.88. The molecule has 0 aromatic heterocycles. The molecule has 0 aliphatic carbocycles. The van der Waals surface area contributed by atoms with Gasteiger partial charge in [0.1, 0.15) is 6.04 Å². The molecule has 1 unspecified atom stereocenters. The number of nitrogens with one attached hydrogen (secondary N) is 1. The van der Waals surface area contributed by atoms with Crippen molar-refractivity contribution < 1.29 is 22.7 Å². The van der Waals surface area contributed by atoms with Gasteiger partial charge in [-0.05, 0) is 18.9 Å². The second-order valence-electron chi connectivity index (χ2n) is 5.60. The fourth-order valence-electron chi connectivity index (χ4n) is 2.58. The van der Waals surface area contributed by atoms with Crippen molar-refractivity contribution in [2.24, 2.45) is 5.92 Å². The Bertz CT molecular complexity index is 656. The predicted molar refractivity (Wildman–Crippen MR) is 85.5 cm³/mol. The standard InChI is InChI=1S/C16H21NO5S/c1-2-22-16(19)14(10-12-6-4-3-5-7-12)17-15(18)13-8-9-23(20,21)11-13/h3-7,13-14H,2,8-11H2,1H3,(H,17,18)/t13?,14-/m0/s1. The molecule has 1 aliphatic heterocycles. The third-order valence-electron chi connectivity index (χ3n) is 3.77. The lowest BCUT2D eigenvalue weighted by molar-refractivity contribution is -0.147. The van der Waals surface area contributed by atoms with Crippen LogP contribution >= 0.6 is 0 Å². The molecule has 6 nitrogen and oxygen atoms in total. The Kier molecular flexibility index (Phi) is 5.76. The number of hydrogen-bond donors (Lipinski definition) is 1. The summed E-state index contributed by atoms with van der Waals surface area (Å²) in [6.45, 7) is 1.92. The van der Waals surface area contributed by atoms with Gasteiger partial charge in [-0.3, -0.25) is 4.79 Å². The molecule has 1 heterocycles. The zero-order chi connectivity index (χ0) is 16.9. The molecule has 23 heavy (non-hydrogen) atoms. The Balaban J connectivity index is 2.05. The minimum atomic E-state index is -3.14. The van der Waals surface area contributed by atoms with Crippen LogP contribution in [-0.2, 0) is 30.6 Å². The van der Waals surface area contributed by atoms with Gasteiger partial charge in [-0.2, -0.15) is 0 Å². The largest absolute Gasteiger partial charge is 0.464 e. The van der Waals surface area contributed by atoms with Gasteiger partial charge in [0.05, 0.1) is 24.0 Å². The van der Waals surface area contributed by atoms with Crippen molar-refractivity contribution in [3.63, 3.8) is 0 Å². The van der Waals surface area contributed by atoms with E-state index in [0.29, 0.717) is 12.8 Å². The minimum absolute atomic E-state index is 0.0217. The summed E-state index contributed by atoms with van der Waals surface area (Å²) in [5, 5.41) is 2.65. The second kappa shape index (κ2) is 7.59. The number of hydrogen-bond acceptors (Lipinski definition) is 5. The number of carbonyl (C=O) groups excluding carboxylic acids is 2. The summed E-state index contributed by atoms with van der Waals surface area (Å²) in [5.41, 5.74) is 0.893. The van der Waals surface area contributed by atoms with Gasteiger partial charge in [-0.25, -0.2) is 13.2 Å². The summed E-state index contributed by atoms with van der Waals surface area (Å²) in [6.07, 6.45) is 0.611. The van der Waals surface area contributed by atoms with Crippen molar-refractivity contribution in [3.8, 4) is 0 Å². The maximum Gasteiger partial charge on any atom is 0.328 e. The monoisotopic (exact) mass is 339 g/mol. The lowest BCUT2D eigenvalue weighted by Crippen LogP contribution is -2.46. The molecule has 0 saturated carbocycles. The molecule has 1 fully saturated rings. The Labute approximate surface area is 136 Å². The minimum Gasteiger partial charge on any atom is -0.464 e. The van der Waals surface area contributed by atoms with Gasteiger partial charge in [0.15, 0.2) is 9.84 Å². The molecule has 1 amide bonds. The SMILES string of the molecule is CCOC(=O)[C@H](Cc1ccccc1)NC(=O)C1CCS(=O)(=O)C1. The number of carbonyl (C=O) groups is 2. The van der Waals surface area contributed by atoms with Gasteiger partial charge in [-0.15, -0.1) is 0 Å². The summed E-state index contributed by atoms with van der Waals surface area (Å²) < 4.78 is 28.0. The normalized spacial score (nSPS) is 20.7. The Morgan fingerprint density at radius 2 is 2.00 bits per heavy atom. The van der Waals surface area contributed by atoms with E-state index in [0.717, 1.165) is 5.56 Å². The summed E-state index contributed by atoms with van der Waals surface area (Å²) in [6, 6.07) is 8.47. The van der Waals surface area contributed by atoms with Crippen LogP contribution in [0, 0.1) is 5.92 Å². The van der Waals surface area contributed by atoms with E-state index in [-0.39, 0.29) is 18.1 Å². The van der Waals surface area contributed by atoms with Crippen LogP contribution in [0.5, 0.6) is 0 Å². The summed E-state index contributed by atoms with van der Waals surface area (Å²) >= 11 is 0. The van der Waals surface area contributed by atoms with Crippen LogP contribution in [0.3, 0.4) is 0 Å². The van der Waals surface area contributed by atoms with E-state index in [1.165, 1.54) is 0 Å². The Hall–Kier alpha value is -1.89. The summed E-state index contributed by atoms with van der Waals surface area (Å²) in [7, 11) is -3.14. The van der Waals surface area contributed by atoms with Crippen LogP contribution in [0.1, 0.15) is 18.9 Å². The molecule has 0 bridgehead atoms. The molecule has 1 aromatic carbocycles. The molecular formula is C16H21NO5S. The first-order valence-corrected chi connectivity index (χ1v) is 9.45. The van der Waals surface area contributed by atoms with Crippen molar-refractivity contribution in [2.75, 3.05) is 18.1 Å². The fourth-order valence-corrected chi connectivity index (χ4v) is 4.32. The third kappa shape index (κ3) is 5.06. The van der Waals surface area contributed by atoms with E-state index in [2.05, 4.69) is 5.32 Å². The van der Waals surface area contributed by atoms with Crippen molar-refractivity contribution >= 4 is 21.7 Å². The van der Waals surface area contributed by atoms with Crippen LogP contribution in [0.15, 0.2) is 30.3 Å². The van der Waals surface area contributed by atoms with Gasteiger partial charge < -0.3 is 10.1 Å². The Morgan fingerprint density at radius 3 is 2.57 bits per heavy atom. The van der Waals surface area contributed by atoms with E-state index >= 15 is 0 Å². The molecule has 2 atom stereocenters. The van der Waals surface area contributed by atoms with Gasteiger partial charge in [0.25, 0.3) is 0 Å². The van der Waals surface area contributed by atoms with Gasteiger partial charge in [-0.1, -0.05) is 30.3 Å². The molecule has 1 saturated heterocycles. The molecule has 7 heteroatoms. The maximum absolute atomic E-state index is 12.3. The fraction of sp³-hybridized carbons (Fsp3) is 0.500. The number of rotatable bonds is 6. The highest BCUT2D eigenvalue weighted by molar-refractivity contribution is 7.91. The van der Waals surface area contributed by atoms with Crippen LogP contribution in [0.25, 0.3) is 0 Å². The molecule has 126 valence electrons. The van der Waals surface area contributed by atoms with E-state index in [4.69, 9.17) is 4.74 Å². The predicted octanol–water partition coefficient (Wildman–Crippen LogP) is 0.712. The third-order valence-corrected chi connectivity index (χ3v) is 5.54. The maximum atomic E-state index is 12.3. The van der Waals surface area contributed by atoms with Gasteiger partial charge in [0.2, 0.25) is 5.91 Å². The van der Waals surface area contributed by atoms with Crippen molar-refractivity contribution in [1.82, 2.24) is 5.32 Å². The van der Waals surface area contributed by atoms with E-state index < -0.39 is 33.7 Å². The molecule has 2 rings (SSSR count). The van der Waals surface area contributed by atoms with E-state index in [9.17, 15) is 18.0 Å². The summed E-state index contributed by atoms with van der Waals surface area (Å²) in [5.74, 6) is -1.63. The van der Waals surface area contributed by atoms with Gasteiger partial charge in [0, 0.05) is 6.42 Å². The van der Waals surface area contributed by atoms with E-state index in [1.807, 2.05) is 30.3 Å². The topological polar surface area (TPSA) is 89.5 Å². The number of benzene rings is 1. The number of ether oxygens (including phenoxy) is 1. The lowest BCUT2D eigenvalue weighted by Gasteiger charge is -2.19. The van der Waals surface area contributed by atoms with Crippen LogP contribution in [0.4, 0.5) is 0 Å². The zero-order valence-electron chi connectivity index (χ0n) is 13.0.